The van der Waals surface area contributed by atoms with Crippen LogP contribution in [0.2, 0.25) is 0 Å². The summed E-state index contributed by atoms with van der Waals surface area (Å²) >= 11 is 0. The van der Waals surface area contributed by atoms with Crippen molar-refractivity contribution in [3.05, 3.63) is 77.7 Å². The van der Waals surface area contributed by atoms with Gasteiger partial charge in [0.1, 0.15) is 11.6 Å². The molecule has 8 heteroatoms. The molecule has 2 aromatic carbocycles. The van der Waals surface area contributed by atoms with Crippen molar-refractivity contribution in [3.8, 4) is 5.75 Å². The van der Waals surface area contributed by atoms with E-state index < -0.39 is 29.0 Å². The number of anilines is 3. The van der Waals surface area contributed by atoms with Crippen LogP contribution in [0.4, 0.5) is 30.4 Å². The third-order valence-electron chi connectivity index (χ3n) is 3.75. The Morgan fingerprint density at radius 2 is 1.75 bits per heavy atom. The van der Waals surface area contributed by atoms with Crippen molar-refractivity contribution in [3.63, 3.8) is 0 Å². The molecular weight excluding hydrogens is 371 g/mol. The number of nitrogens with one attached hydrogen (secondary N) is 2. The molecule has 3 aromatic rings. The first-order valence-corrected chi connectivity index (χ1v) is 8.38. The van der Waals surface area contributed by atoms with E-state index in [9.17, 15) is 18.0 Å². The lowest BCUT2D eigenvalue weighted by molar-refractivity contribution is 0.102. The Morgan fingerprint density at radius 1 is 1.00 bits per heavy atom. The maximum absolute atomic E-state index is 13.7. The first-order valence-electron chi connectivity index (χ1n) is 8.38. The van der Waals surface area contributed by atoms with Crippen LogP contribution in [0, 0.1) is 17.5 Å². The Kier molecular flexibility index (Phi) is 5.78. The number of nitrogens with zero attached hydrogens (tertiary/aromatic N) is 1. The number of aromatic nitrogens is 1. The molecule has 0 spiro atoms. The molecule has 0 radical (unpaired) electrons. The van der Waals surface area contributed by atoms with Gasteiger partial charge in [0.05, 0.1) is 17.9 Å². The van der Waals surface area contributed by atoms with Gasteiger partial charge in [-0.15, -0.1) is 0 Å². The lowest BCUT2D eigenvalue weighted by Crippen LogP contribution is -2.14. The van der Waals surface area contributed by atoms with Gasteiger partial charge in [-0.25, -0.2) is 18.2 Å². The zero-order chi connectivity index (χ0) is 20.1. The minimum Gasteiger partial charge on any atom is -0.494 e. The highest BCUT2D eigenvalue weighted by molar-refractivity contribution is 6.04. The second-order valence-corrected chi connectivity index (χ2v) is 5.69. The van der Waals surface area contributed by atoms with Crippen LogP contribution in [0.3, 0.4) is 0 Å². The van der Waals surface area contributed by atoms with E-state index in [-0.39, 0.29) is 5.56 Å². The van der Waals surface area contributed by atoms with Crippen LogP contribution < -0.4 is 15.4 Å². The standard InChI is InChI=1S/C20H16F3N3O2/c1-2-28-14-6-4-13(5-7-14)25-17-10-3-12(11-24-17)20(27)26-16-9-8-15(21)18(22)19(16)23/h3-11H,2H2,1H3,(H,24,25)(H,26,27). The number of hydrogen-bond donors (Lipinski definition) is 2. The first kappa shape index (κ1) is 19.2. The summed E-state index contributed by atoms with van der Waals surface area (Å²) in [6, 6.07) is 12.0. The average Bonchev–Trinajstić information content (AvgIpc) is 2.70. The Bertz CT molecular complexity index is 977. The summed E-state index contributed by atoms with van der Waals surface area (Å²) in [6.07, 6.45) is 1.28. The van der Waals surface area contributed by atoms with Gasteiger partial charge >= 0.3 is 0 Å². The summed E-state index contributed by atoms with van der Waals surface area (Å²) in [7, 11) is 0. The van der Waals surface area contributed by atoms with Crippen molar-refractivity contribution in [2.45, 2.75) is 6.92 Å². The zero-order valence-corrected chi connectivity index (χ0v) is 14.8. The van der Waals surface area contributed by atoms with Crippen LogP contribution in [0.15, 0.2) is 54.7 Å². The summed E-state index contributed by atoms with van der Waals surface area (Å²) in [5.74, 6) is -3.91. The third-order valence-corrected chi connectivity index (χ3v) is 3.75. The van der Waals surface area contributed by atoms with Gasteiger partial charge in [0.2, 0.25) is 0 Å². The third kappa shape index (κ3) is 4.40. The van der Waals surface area contributed by atoms with Gasteiger partial charge in [-0.1, -0.05) is 0 Å². The van der Waals surface area contributed by atoms with Gasteiger partial charge < -0.3 is 15.4 Å². The second kappa shape index (κ2) is 8.43. The van der Waals surface area contributed by atoms with E-state index in [1.54, 1.807) is 6.07 Å². The Morgan fingerprint density at radius 3 is 2.39 bits per heavy atom. The highest BCUT2D eigenvalue weighted by atomic mass is 19.2. The van der Waals surface area contributed by atoms with Crippen LogP contribution >= 0.6 is 0 Å². The van der Waals surface area contributed by atoms with Crippen LogP contribution in [-0.4, -0.2) is 17.5 Å². The molecule has 2 N–H and O–H groups in total. The molecule has 1 aromatic heterocycles. The number of hydrogen-bond acceptors (Lipinski definition) is 4. The van der Waals surface area contributed by atoms with E-state index in [1.165, 1.54) is 12.3 Å². The monoisotopic (exact) mass is 387 g/mol. The van der Waals surface area contributed by atoms with Crippen LogP contribution in [-0.2, 0) is 0 Å². The van der Waals surface area contributed by atoms with Gasteiger partial charge in [0, 0.05) is 11.9 Å². The molecule has 1 amide bonds. The minimum atomic E-state index is -1.65. The topological polar surface area (TPSA) is 63.2 Å². The van der Waals surface area contributed by atoms with Crippen LogP contribution in [0.1, 0.15) is 17.3 Å². The SMILES string of the molecule is CCOc1ccc(Nc2ccc(C(=O)Nc3ccc(F)c(F)c3F)cn2)cc1. The van der Waals surface area contributed by atoms with Gasteiger partial charge in [-0.05, 0) is 55.5 Å². The molecule has 144 valence electrons. The fraction of sp³-hybridized carbons (Fsp3) is 0.100. The number of benzene rings is 2. The van der Waals surface area contributed by atoms with Crippen molar-refractivity contribution in [2.75, 3.05) is 17.2 Å². The summed E-state index contributed by atoms with van der Waals surface area (Å²) in [5.41, 5.74) is 0.443. The number of amides is 1. The molecule has 5 nitrogen and oxygen atoms in total. The lowest BCUT2D eigenvalue weighted by Gasteiger charge is -2.09. The van der Waals surface area contributed by atoms with Crippen molar-refractivity contribution >= 4 is 23.1 Å². The highest BCUT2D eigenvalue weighted by Crippen LogP contribution is 2.21. The smallest absolute Gasteiger partial charge is 0.257 e. The number of halogens is 3. The van der Waals surface area contributed by atoms with Crippen molar-refractivity contribution in [1.82, 2.24) is 4.98 Å². The number of carbonyl (C=O) groups is 1. The van der Waals surface area contributed by atoms with E-state index >= 15 is 0 Å². The van der Waals surface area contributed by atoms with Crippen molar-refractivity contribution in [2.24, 2.45) is 0 Å². The second-order valence-electron chi connectivity index (χ2n) is 5.69. The molecule has 0 aliphatic carbocycles. The molecule has 0 saturated carbocycles. The van der Waals surface area contributed by atoms with E-state index in [2.05, 4.69) is 15.6 Å². The van der Waals surface area contributed by atoms with Crippen molar-refractivity contribution < 1.29 is 22.7 Å². The molecular formula is C20H16F3N3O2. The quantitative estimate of drug-likeness (QED) is 0.591. The van der Waals surface area contributed by atoms with Crippen LogP contribution in [0.5, 0.6) is 5.75 Å². The van der Waals surface area contributed by atoms with Gasteiger partial charge in [-0.3, -0.25) is 4.79 Å². The first-order chi connectivity index (χ1) is 13.5. The maximum Gasteiger partial charge on any atom is 0.257 e. The predicted octanol–water partition coefficient (Wildman–Crippen LogP) is 4.89. The summed E-state index contributed by atoms with van der Waals surface area (Å²) in [5, 5.41) is 5.25. The highest BCUT2D eigenvalue weighted by Gasteiger charge is 2.16. The molecule has 0 fully saturated rings. The predicted molar refractivity (Wildman–Crippen MR) is 99.4 cm³/mol. The van der Waals surface area contributed by atoms with Gasteiger partial charge in [0.15, 0.2) is 17.5 Å². The lowest BCUT2D eigenvalue weighted by atomic mass is 10.2. The van der Waals surface area contributed by atoms with E-state index in [1.807, 2.05) is 31.2 Å². The molecule has 3 rings (SSSR count). The molecule has 0 unspecified atom stereocenters. The Hall–Kier alpha value is -3.55. The molecule has 28 heavy (non-hydrogen) atoms. The zero-order valence-electron chi connectivity index (χ0n) is 14.8. The number of rotatable bonds is 6. The molecule has 0 aliphatic rings. The molecule has 0 bridgehead atoms. The van der Waals surface area contributed by atoms with Crippen molar-refractivity contribution in [1.29, 1.82) is 0 Å². The van der Waals surface area contributed by atoms with E-state index in [0.29, 0.717) is 12.4 Å². The van der Waals surface area contributed by atoms with E-state index in [0.717, 1.165) is 23.6 Å². The summed E-state index contributed by atoms with van der Waals surface area (Å²) < 4.78 is 45.2. The summed E-state index contributed by atoms with van der Waals surface area (Å²) in [4.78, 5) is 16.3. The molecule has 0 aliphatic heterocycles. The Balaban J connectivity index is 1.66. The normalized spacial score (nSPS) is 10.4. The van der Waals surface area contributed by atoms with Gasteiger partial charge in [0.25, 0.3) is 5.91 Å². The van der Waals surface area contributed by atoms with Gasteiger partial charge in [-0.2, -0.15) is 0 Å². The fourth-order valence-electron chi connectivity index (χ4n) is 2.37. The number of pyridine rings is 1. The molecule has 0 atom stereocenters. The molecule has 0 saturated heterocycles. The number of ether oxygens (including phenoxy) is 1. The van der Waals surface area contributed by atoms with Crippen LogP contribution in [0.25, 0.3) is 0 Å². The van der Waals surface area contributed by atoms with E-state index in [4.69, 9.17) is 4.74 Å². The maximum atomic E-state index is 13.7. The average molecular weight is 387 g/mol. The Labute approximate surface area is 159 Å². The molecule has 1 heterocycles. The minimum absolute atomic E-state index is 0.126. The summed E-state index contributed by atoms with van der Waals surface area (Å²) in [6.45, 7) is 2.47. The largest absolute Gasteiger partial charge is 0.494 e. The number of carbonyl (C=O) groups excluding carboxylic acids is 1. The fourth-order valence-corrected chi connectivity index (χ4v) is 2.37.